The Morgan fingerprint density at radius 3 is 2.80 bits per heavy atom. The molecular weight excluding hydrogens is 312 g/mol. The summed E-state index contributed by atoms with van der Waals surface area (Å²) < 4.78 is 2.07. The third kappa shape index (κ3) is 3.22. The normalized spacial score (nSPS) is 18.2. The third-order valence-electron chi connectivity index (χ3n) is 6.11. The molecule has 1 aromatic carbocycles. The summed E-state index contributed by atoms with van der Waals surface area (Å²) in [6.45, 7) is 2.01. The second-order valence-corrected chi connectivity index (χ2v) is 7.70. The Balaban J connectivity index is 1.47. The third-order valence-corrected chi connectivity index (χ3v) is 6.11. The summed E-state index contributed by atoms with van der Waals surface area (Å²) in [6, 6.07) is 2.69. The average Bonchev–Trinajstić information content (AvgIpc) is 3.28. The van der Waals surface area contributed by atoms with Gasteiger partial charge in [0.05, 0.1) is 5.52 Å². The predicted molar refractivity (Wildman–Crippen MR) is 99.1 cm³/mol. The fourth-order valence-electron chi connectivity index (χ4n) is 4.73. The fraction of sp³-hybridized carbons (Fsp3) is 0.650. The number of benzene rings is 1. The first kappa shape index (κ1) is 16.7. The largest absolute Gasteiger partial charge is 0.303 e. The number of hydrogen-bond acceptors (Lipinski definition) is 4. The van der Waals surface area contributed by atoms with Gasteiger partial charge in [-0.1, -0.05) is 24.5 Å². The van der Waals surface area contributed by atoms with Crippen LogP contribution in [-0.2, 0) is 19.4 Å². The van der Waals surface area contributed by atoms with Crippen LogP contribution in [0.15, 0.2) is 6.07 Å². The molecule has 1 heterocycles. The first-order chi connectivity index (χ1) is 12.3. The van der Waals surface area contributed by atoms with Gasteiger partial charge in [0.1, 0.15) is 11.8 Å². The lowest BCUT2D eigenvalue weighted by atomic mass is 9.94. The molecule has 4 rings (SSSR count). The fourth-order valence-corrected chi connectivity index (χ4v) is 4.73. The van der Waals surface area contributed by atoms with Crippen LogP contribution in [0.5, 0.6) is 0 Å². The van der Waals surface area contributed by atoms with Crippen LogP contribution in [0.3, 0.4) is 0 Å². The van der Waals surface area contributed by atoms with Crippen LogP contribution in [0.2, 0.25) is 0 Å². The van der Waals surface area contributed by atoms with E-state index in [4.69, 9.17) is 0 Å². The van der Waals surface area contributed by atoms with Gasteiger partial charge in [-0.05, 0) is 69.3 Å². The standard InChI is InChI=1S/C20H28N4O/c1-23(16-7-3-2-4-8-16)11-6-12-24-20-18-10-5-9-17(18)15(14-25)13-19(20)21-22-24/h13-14,16H,2-12H2,1H3. The lowest BCUT2D eigenvalue weighted by molar-refractivity contribution is 0.112. The molecule has 0 saturated heterocycles. The minimum atomic E-state index is 0.764. The van der Waals surface area contributed by atoms with Crippen LogP contribution in [-0.4, -0.2) is 45.8 Å². The summed E-state index contributed by atoms with van der Waals surface area (Å²) in [5.41, 5.74) is 5.39. The highest BCUT2D eigenvalue weighted by atomic mass is 16.1. The molecule has 2 aliphatic carbocycles. The number of aromatic nitrogens is 3. The monoisotopic (exact) mass is 340 g/mol. The Hall–Kier alpha value is -1.75. The van der Waals surface area contributed by atoms with Crippen molar-refractivity contribution in [2.75, 3.05) is 13.6 Å². The van der Waals surface area contributed by atoms with Crippen LogP contribution in [0.4, 0.5) is 0 Å². The molecule has 5 nitrogen and oxygen atoms in total. The zero-order valence-electron chi connectivity index (χ0n) is 15.2. The molecule has 0 radical (unpaired) electrons. The van der Waals surface area contributed by atoms with Crippen molar-refractivity contribution >= 4 is 17.3 Å². The number of rotatable bonds is 6. The van der Waals surface area contributed by atoms with E-state index in [0.29, 0.717) is 0 Å². The second-order valence-electron chi connectivity index (χ2n) is 7.70. The van der Waals surface area contributed by atoms with Crippen molar-refractivity contribution in [3.05, 3.63) is 22.8 Å². The summed E-state index contributed by atoms with van der Waals surface area (Å²) in [6.07, 6.45) is 12.1. The van der Waals surface area contributed by atoms with E-state index in [-0.39, 0.29) is 0 Å². The van der Waals surface area contributed by atoms with Gasteiger partial charge in [-0.2, -0.15) is 0 Å². The molecule has 1 fully saturated rings. The van der Waals surface area contributed by atoms with Crippen LogP contribution >= 0.6 is 0 Å². The first-order valence-corrected chi connectivity index (χ1v) is 9.81. The van der Waals surface area contributed by atoms with E-state index in [2.05, 4.69) is 26.9 Å². The highest BCUT2D eigenvalue weighted by molar-refractivity contribution is 5.90. The zero-order valence-corrected chi connectivity index (χ0v) is 15.2. The van der Waals surface area contributed by atoms with Crippen molar-refractivity contribution in [3.63, 3.8) is 0 Å². The van der Waals surface area contributed by atoms with Crippen LogP contribution < -0.4 is 0 Å². The van der Waals surface area contributed by atoms with E-state index >= 15 is 0 Å². The van der Waals surface area contributed by atoms with Gasteiger partial charge in [-0.3, -0.25) is 4.79 Å². The highest BCUT2D eigenvalue weighted by Gasteiger charge is 2.22. The van der Waals surface area contributed by atoms with Crippen molar-refractivity contribution in [3.8, 4) is 0 Å². The van der Waals surface area contributed by atoms with E-state index < -0.39 is 0 Å². The van der Waals surface area contributed by atoms with E-state index in [1.807, 2.05) is 6.07 Å². The SMILES string of the molecule is CN(CCCn1nnc2cc(C=O)c3c(c21)CCC3)C1CCCCC1. The number of carbonyl (C=O) groups excluding carboxylic acids is 1. The maximum absolute atomic E-state index is 11.4. The molecule has 0 unspecified atom stereocenters. The summed E-state index contributed by atoms with van der Waals surface area (Å²) in [5.74, 6) is 0. The van der Waals surface area contributed by atoms with E-state index in [9.17, 15) is 4.79 Å². The first-order valence-electron chi connectivity index (χ1n) is 9.81. The second kappa shape index (κ2) is 7.24. The molecule has 0 N–H and O–H groups in total. The van der Waals surface area contributed by atoms with Gasteiger partial charge < -0.3 is 4.90 Å². The van der Waals surface area contributed by atoms with Crippen molar-refractivity contribution in [2.45, 2.75) is 70.4 Å². The van der Waals surface area contributed by atoms with Gasteiger partial charge in [0.25, 0.3) is 0 Å². The molecule has 134 valence electrons. The maximum atomic E-state index is 11.4. The van der Waals surface area contributed by atoms with Crippen molar-refractivity contribution in [2.24, 2.45) is 0 Å². The number of nitrogens with zero attached hydrogens (tertiary/aromatic N) is 4. The minimum Gasteiger partial charge on any atom is -0.303 e. The average molecular weight is 340 g/mol. The van der Waals surface area contributed by atoms with Crippen LogP contribution in [0, 0.1) is 0 Å². The molecule has 5 heteroatoms. The van der Waals surface area contributed by atoms with Gasteiger partial charge in [-0.15, -0.1) is 5.10 Å². The molecule has 0 spiro atoms. The van der Waals surface area contributed by atoms with Crippen molar-refractivity contribution in [1.29, 1.82) is 0 Å². The summed E-state index contributed by atoms with van der Waals surface area (Å²) in [7, 11) is 2.27. The number of carbonyl (C=O) groups is 1. The highest BCUT2D eigenvalue weighted by Crippen LogP contribution is 2.31. The van der Waals surface area contributed by atoms with Gasteiger partial charge in [0.15, 0.2) is 0 Å². The number of aryl methyl sites for hydroxylation is 2. The number of fused-ring (bicyclic) bond motifs is 3. The summed E-state index contributed by atoms with van der Waals surface area (Å²) in [4.78, 5) is 13.9. The van der Waals surface area contributed by atoms with Crippen LogP contribution in [0.25, 0.3) is 11.0 Å². The molecule has 0 aliphatic heterocycles. The van der Waals surface area contributed by atoms with Crippen molar-refractivity contribution in [1.82, 2.24) is 19.9 Å². The Bertz CT molecular complexity index is 761. The van der Waals surface area contributed by atoms with E-state index in [1.54, 1.807) is 0 Å². The molecule has 1 saturated carbocycles. The Morgan fingerprint density at radius 1 is 1.20 bits per heavy atom. The molecule has 0 amide bonds. The van der Waals surface area contributed by atoms with Crippen LogP contribution in [0.1, 0.15) is 66.4 Å². The predicted octanol–water partition coefficient (Wildman–Crippen LogP) is 3.39. The molecule has 0 bridgehead atoms. The lowest BCUT2D eigenvalue weighted by Crippen LogP contribution is -2.34. The number of hydrogen-bond donors (Lipinski definition) is 0. The minimum absolute atomic E-state index is 0.764. The summed E-state index contributed by atoms with van der Waals surface area (Å²) in [5, 5.41) is 8.72. The van der Waals surface area contributed by atoms with Gasteiger partial charge >= 0.3 is 0 Å². The molecule has 0 atom stereocenters. The van der Waals surface area contributed by atoms with Gasteiger partial charge in [0, 0.05) is 18.2 Å². The maximum Gasteiger partial charge on any atom is 0.150 e. The van der Waals surface area contributed by atoms with Gasteiger partial charge in [0.2, 0.25) is 0 Å². The topological polar surface area (TPSA) is 51.0 Å². The van der Waals surface area contributed by atoms with E-state index in [1.165, 1.54) is 48.7 Å². The molecule has 2 aromatic rings. The zero-order chi connectivity index (χ0) is 17.2. The lowest BCUT2D eigenvalue weighted by Gasteiger charge is -2.31. The van der Waals surface area contributed by atoms with E-state index in [0.717, 1.165) is 62.2 Å². The van der Waals surface area contributed by atoms with Gasteiger partial charge in [-0.25, -0.2) is 4.68 Å². The molecule has 25 heavy (non-hydrogen) atoms. The Kier molecular flexibility index (Phi) is 4.84. The Morgan fingerprint density at radius 2 is 2.00 bits per heavy atom. The van der Waals surface area contributed by atoms with Crippen molar-refractivity contribution < 1.29 is 4.79 Å². The number of aldehydes is 1. The molecular formula is C20H28N4O. The Labute approximate surface area is 149 Å². The smallest absolute Gasteiger partial charge is 0.150 e. The molecule has 1 aromatic heterocycles. The molecule has 2 aliphatic rings. The quantitative estimate of drug-likeness (QED) is 0.757. The summed E-state index contributed by atoms with van der Waals surface area (Å²) >= 11 is 0.